The standard InChI is InChI=1S/C19H16BrN3O6/c1-11(19(26)27)21-18(25)16(9-12-5-7-15(8-6-12)23(28)29)22-17(24)13-3-2-4-14(20)10-13/h2-11H,1H3,(H,21,25)(H,22,24)(H,26,27)/b16-9-/t11-/m0/s1. The molecular formula is C19H16BrN3O6. The highest BCUT2D eigenvalue weighted by Gasteiger charge is 2.20. The van der Waals surface area contributed by atoms with Crippen LogP contribution in [0.15, 0.2) is 58.7 Å². The highest BCUT2D eigenvalue weighted by Crippen LogP contribution is 2.15. The Balaban J connectivity index is 2.33. The van der Waals surface area contributed by atoms with Crippen LogP contribution >= 0.6 is 15.9 Å². The molecule has 2 amide bonds. The number of halogens is 1. The number of amides is 2. The van der Waals surface area contributed by atoms with Gasteiger partial charge in [-0.25, -0.2) is 0 Å². The van der Waals surface area contributed by atoms with Crippen molar-refractivity contribution in [2.45, 2.75) is 13.0 Å². The summed E-state index contributed by atoms with van der Waals surface area (Å²) in [7, 11) is 0. The van der Waals surface area contributed by atoms with Gasteiger partial charge in [-0.15, -0.1) is 0 Å². The molecule has 10 heteroatoms. The summed E-state index contributed by atoms with van der Waals surface area (Å²) in [5, 5.41) is 24.5. The summed E-state index contributed by atoms with van der Waals surface area (Å²) in [6, 6.07) is 10.6. The molecule has 0 heterocycles. The first-order valence-electron chi connectivity index (χ1n) is 8.24. The Bertz CT molecular complexity index is 988. The molecule has 0 saturated heterocycles. The van der Waals surface area contributed by atoms with Crippen molar-refractivity contribution in [2.24, 2.45) is 0 Å². The van der Waals surface area contributed by atoms with Gasteiger partial charge >= 0.3 is 5.97 Å². The van der Waals surface area contributed by atoms with Crippen LogP contribution < -0.4 is 10.6 Å². The molecule has 9 nitrogen and oxygen atoms in total. The summed E-state index contributed by atoms with van der Waals surface area (Å²) in [6.07, 6.45) is 1.30. The number of nitro benzene ring substituents is 1. The molecule has 0 aliphatic heterocycles. The fourth-order valence-electron chi connectivity index (χ4n) is 2.18. The monoisotopic (exact) mass is 461 g/mol. The van der Waals surface area contributed by atoms with E-state index in [4.69, 9.17) is 5.11 Å². The Kier molecular flexibility index (Phi) is 7.21. The normalized spacial score (nSPS) is 12.0. The van der Waals surface area contributed by atoms with Crippen molar-refractivity contribution in [2.75, 3.05) is 0 Å². The molecule has 3 N–H and O–H groups in total. The van der Waals surface area contributed by atoms with E-state index in [0.29, 0.717) is 10.0 Å². The summed E-state index contributed by atoms with van der Waals surface area (Å²) in [5.74, 6) is -2.65. The Morgan fingerprint density at radius 2 is 1.83 bits per heavy atom. The number of nitro groups is 1. The second kappa shape index (κ2) is 9.60. The average molecular weight is 462 g/mol. The fraction of sp³-hybridized carbons (Fsp3) is 0.105. The van der Waals surface area contributed by atoms with Crippen molar-refractivity contribution in [3.63, 3.8) is 0 Å². The lowest BCUT2D eigenvalue weighted by Gasteiger charge is -2.13. The first kappa shape index (κ1) is 21.8. The minimum atomic E-state index is -1.24. The Hall–Kier alpha value is -3.53. The molecule has 0 fully saturated rings. The lowest BCUT2D eigenvalue weighted by Crippen LogP contribution is -2.42. The van der Waals surface area contributed by atoms with Crippen molar-refractivity contribution < 1.29 is 24.4 Å². The topological polar surface area (TPSA) is 139 Å². The fourth-order valence-corrected chi connectivity index (χ4v) is 2.58. The van der Waals surface area contributed by atoms with Gasteiger partial charge < -0.3 is 15.7 Å². The number of carbonyl (C=O) groups excluding carboxylic acids is 2. The van der Waals surface area contributed by atoms with Crippen LogP contribution in [0.4, 0.5) is 5.69 Å². The number of hydrogen-bond acceptors (Lipinski definition) is 5. The SMILES string of the molecule is C[C@H](NC(=O)/C(=C/c1ccc([N+](=O)[O-])cc1)NC(=O)c1cccc(Br)c1)C(=O)O. The zero-order chi connectivity index (χ0) is 21.6. The van der Waals surface area contributed by atoms with E-state index in [1.54, 1.807) is 24.3 Å². The number of carboxylic acids is 1. The molecule has 0 unspecified atom stereocenters. The molecule has 0 saturated carbocycles. The van der Waals surface area contributed by atoms with Gasteiger partial charge in [-0.2, -0.15) is 0 Å². The number of benzene rings is 2. The molecule has 2 rings (SSSR count). The Morgan fingerprint density at radius 3 is 2.38 bits per heavy atom. The molecular weight excluding hydrogens is 446 g/mol. The number of rotatable bonds is 7. The van der Waals surface area contributed by atoms with Crippen LogP contribution in [0.3, 0.4) is 0 Å². The molecule has 2 aromatic carbocycles. The molecule has 0 bridgehead atoms. The molecule has 0 radical (unpaired) electrons. The van der Waals surface area contributed by atoms with Gasteiger partial charge in [0.1, 0.15) is 11.7 Å². The van der Waals surface area contributed by atoms with E-state index in [9.17, 15) is 24.5 Å². The highest BCUT2D eigenvalue weighted by molar-refractivity contribution is 9.10. The smallest absolute Gasteiger partial charge is 0.325 e. The molecule has 0 aliphatic carbocycles. The quantitative estimate of drug-likeness (QED) is 0.329. The second-order valence-electron chi connectivity index (χ2n) is 5.90. The first-order chi connectivity index (χ1) is 13.7. The minimum absolute atomic E-state index is 0.133. The summed E-state index contributed by atoms with van der Waals surface area (Å²) in [4.78, 5) is 46.2. The van der Waals surface area contributed by atoms with Crippen molar-refractivity contribution in [3.8, 4) is 0 Å². The van der Waals surface area contributed by atoms with E-state index in [2.05, 4.69) is 26.6 Å². The predicted octanol–water partition coefficient (Wildman–Crippen LogP) is 2.72. The van der Waals surface area contributed by atoms with Crippen LogP contribution in [-0.4, -0.2) is 33.9 Å². The molecule has 2 aromatic rings. The summed E-state index contributed by atoms with van der Waals surface area (Å²) in [6.45, 7) is 1.28. The van der Waals surface area contributed by atoms with Crippen molar-refractivity contribution in [1.82, 2.24) is 10.6 Å². The Morgan fingerprint density at radius 1 is 1.17 bits per heavy atom. The van der Waals surface area contributed by atoms with Crippen molar-refractivity contribution in [1.29, 1.82) is 0 Å². The predicted molar refractivity (Wildman–Crippen MR) is 108 cm³/mol. The maximum absolute atomic E-state index is 12.5. The number of nitrogens with one attached hydrogen (secondary N) is 2. The molecule has 0 spiro atoms. The van der Waals surface area contributed by atoms with Crippen LogP contribution in [-0.2, 0) is 9.59 Å². The molecule has 0 aliphatic rings. The van der Waals surface area contributed by atoms with Gasteiger partial charge in [-0.3, -0.25) is 24.5 Å². The number of nitrogens with zero attached hydrogens (tertiary/aromatic N) is 1. The van der Waals surface area contributed by atoms with Gasteiger partial charge in [0, 0.05) is 22.2 Å². The van der Waals surface area contributed by atoms with E-state index in [1.807, 2.05) is 0 Å². The Labute approximate surface area is 173 Å². The lowest BCUT2D eigenvalue weighted by atomic mass is 10.1. The van der Waals surface area contributed by atoms with E-state index in [0.717, 1.165) is 0 Å². The van der Waals surface area contributed by atoms with Gasteiger partial charge in [0.25, 0.3) is 17.5 Å². The van der Waals surface area contributed by atoms with Crippen molar-refractivity contribution in [3.05, 3.63) is 79.9 Å². The van der Waals surface area contributed by atoms with E-state index < -0.39 is 28.7 Å². The largest absolute Gasteiger partial charge is 0.480 e. The van der Waals surface area contributed by atoms with E-state index in [1.165, 1.54) is 37.3 Å². The zero-order valence-corrected chi connectivity index (χ0v) is 16.7. The van der Waals surface area contributed by atoms with E-state index >= 15 is 0 Å². The molecule has 0 aromatic heterocycles. The third kappa shape index (κ3) is 6.25. The van der Waals surface area contributed by atoms with Gasteiger partial charge in [-0.1, -0.05) is 22.0 Å². The first-order valence-corrected chi connectivity index (χ1v) is 9.03. The number of non-ortho nitro benzene ring substituents is 1. The maximum Gasteiger partial charge on any atom is 0.325 e. The molecule has 150 valence electrons. The van der Waals surface area contributed by atoms with Gasteiger partial charge in [0.15, 0.2) is 0 Å². The molecule has 29 heavy (non-hydrogen) atoms. The van der Waals surface area contributed by atoms with Gasteiger partial charge in [0.05, 0.1) is 4.92 Å². The second-order valence-corrected chi connectivity index (χ2v) is 6.82. The third-order valence-corrected chi connectivity index (χ3v) is 4.21. The zero-order valence-electron chi connectivity index (χ0n) is 15.1. The maximum atomic E-state index is 12.5. The van der Waals surface area contributed by atoms with Crippen LogP contribution in [0, 0.1) is 10.1 Å². The minimum Gasteiger partial charge on any atom is -0.480 e. The number of hydrogen-bond donors (Lipinski definition) is 3. The van der Waals surface area contributed by atoms with Gasteiger partial charge in [0.2, 0.25) is 0 Å². The van der Waals surface area contributed by atoms with Crippen molar-refractivity contribution >= 4 is 45.5 Å². The van der Waals surface area contributed by atoms with Crippen LogP contribution in [0.25, 0.3) is 6.08 Å². The lowest BCUT2D eigenvalue weighted by molar-refractivity contribution is -0.384. The number of carbonyl (C=O) groups is 3. The van der Waals surface area contributed by atoms with Crippen LogP contribution in [0.5, 0.6) is 0 Å². The number of carboxylic acid groups (broad SMARTS) is 1. The van der Waals surface area contributed by atoms with Gasteiger partial charge in [-0.05, 0) is 48.9 Å². The highest BCUT2D eigenvalue weighted by atomic mass is 79.9. The summed E-state index contributed by atoms with van der Waals surface area (Å²) in [5.41, 5.74) is 0.328. The van der Waals surface area contributed by atoms with Crippen LogP contribution in [0.2, 0.25) is 0 Å². The summed E-state index contributed by atoms with van der Waals surface area (Å²) < 4.78 is 0.662. The third-order valence-electron chi connectivity index (χ3n) is 3.71. The number of aliphatic carboxylic acids is 1. The molecule has 1 atom stereocenters. The van der Waals surface area contributed by atoms with E-state index in [-0.39, 0.29) is 16.9 Å². The average Bonchev–Trinajstić information content (AvgIpc) is 2.67. The van der Waals surface area contributed by atoms with Crippen LogP contribution in [0.1, 0.15) is 22.8 Å². The summed E-state index contributed by atoms with van der Waals surface area (Å²) >= 11 is 3.25.